The third-order valence-corrected chi connectivity index (χ3v) is 2.70. The van der Waals surface area contributed by atoms with Gasteiger partial charge in [-0.15, -0.1) is 0 Å². The maximum Gasteiger partial charge on any atom is 0.271 e. The quantitative estimate of drug-likeness (QED) is 0.190. The molecular weight excluding hydrogens is 348 g/mol. The van der Waals surface area contributed by atoms with E-state index in [0.717, 1.165) is 0 Å². The van der Waals surface area contributed by atoms with Crippen molar-refractivity contribution < 1.29 is 28.4 Å². The average Bonchev–Trinajstić information content (AvgIpc) is 2.53. The number of ether oxygens (including phenoxy) is 6. The Balaban J connectivity index is 3.72. The molecule has 0 atom stereocenters. The van der Waals surface area contributed by atoms with Crippen molar-refractivity contribution in [2.24, 2.45) is 0 Å². The van der Waals surface area contributed by atoms with E-state index in [2.05, 4.69) is 37.9 Å². The minimum Gasteiger partial charge on any atom is -0.378 e. The van der Waals surface area contributed by atoms with Crippen molar-refractivity contribution in [3.63, 3.8) is 0 Å². The van der Waals surface area contributed by atoms with E-state index < -0.39 is 6.48 Å². The van der Waals surface area contributed by atoms with Gasteiger partial charge in [-0.1, -0.05) is 0 Å². The van der Waals surface area contributed by atoms with E-state index in [0.29, 0.717) is 76.7 Å². The predicted octanol–water partition coefficient (Wildman–Crippen LogP) is 1.16. The highest BCUT2D eigenvalue weighted by Crippen LogP contribution is 1.99. The lowest BCUT2D eigenvalue weighted by atomic mass is 10.7. The summed E-state index contributed by atoms with van der Waals surface area (Å²) in [5, 5.41) is 0. The second kappa shape index (κ2) is 19.9. The van der Waals surface area contributed by atoms with Crippen molar-refractivity contribution in [3.05, 3.63) is 0 Å². The van der Waals surface area contributed by atoms with E-state index in [1.165, 1.54) is 0 Å². The maximum atomic E-state index is 5.47. The smallest absolute Gasteiger partial charge is 0.271 e. The molecule has 0 aromatic carbocycles. The van der Waals surface area contributed by atoms with Crippen molar-refractivity contribution in [2.45, 2.75) is 6.48 Å². The van der Waals surface area contributed by atoms with Gasteiger partial charge in [0.15, 0.2) is 0 Å². The Morgan fingerprint density at radius 1 is 0.455 bits per heavy atom. The maximum absolute atomic E-state index is 5.47. The van der Waals surface area contributed by atoms with Gasteiger partial charge in [0.2, 0.25) is 0 Å². The van der Waals surface area contributed by atoms with Crippen LogP contribution in [0.2, 0.25) is 0 Å². The molecule has 9 heteroatoms. The van der Waals surface area contributed by atoms with Crippen LogP contribution in [0.5, 0.6) is 0 Å². The zero-order valence-electron chi connectivity index (χ0n) is 12.9. The summed E-state index contributed by atoms with van der Waals surface area (Å²) >= 11 is 12.2. The van der Waals surface area contributed by atoms with Gasteiger partial charge in [-0.25, -0.2) is 0 Å². The molecule has 0 aromatic heterocycles. The molecule has 0 aliphatic heterocycles. The van der Waals surface area contributed by atoms with Gasteiger partial charge in [0.05, 0.1) is 59.5 Å². The van der Waals surface area contributed by atoms with Crippen LogP contribution in [0.1, 0.15) is 0 Å². The molecule has 0 rings (SSSR count). The van der Waals surface area contributed by atoms with Gasteiger partial charge >= 0.3 is 0 Å². The van der Waals surface area contributed by atoms with Gasteiger partial charge in [-0.3, -0.25) is 0 Å². The average molecular weight is 377 g/mol. The highest BCUT2D eigenvalue weighted by Gasteiger charge is 2.10. The molecule has 0 aromatic rings. The molecule has 22 heavy (non-hydrogen) atoms. The summed E-state index contributed by atoms with van der Waals surface area (Å²) < 4.78 is 32.2. The molecule has 0 heterocycles. The SMILES string of the molecule is SCCOCCOC(OCCOCCS)OCCOCCS. The van der Waals surface area contributed by atoms with Crippen LogP contribution in [0.25, 0.3) is 0 Å². The first-order valence-electron chi connectivity index (χ1n) is 7.25. The summed E-state index contributed by atoms with van der Waals surface area (Å²) in [4.78, 5) is 0. The van der Waals surface area contributed by atoms with Crippen LogP contribution in [0.4, 0.5) is 0 Å². The van der Waals surface area contributed by atoms with E-state index >= 15 is 0 Å². The van der Waals surface area contributed by atoms with E-state index in [1.807, 2.05) is 0 Å². The second-order valence-corrected chi connectivity index (χ2v) is 5.25. The Morgan fingerprint density at radius 2 is 0.773 bits per heavy atom. The monoisotopic (exact) mass is 376 g/mol. The molecular formula is C13H28O6S3. The lowest BCUT2D eigenvalue weighted by molar-refractivity contribution is -0.295. The Morgan fingerprint density at radius 3 is 1.05 bits per heavy atom. The first-order valence-corrected chi connectivity index (χ1v) is 9.15. The molecule has 0 unspecified atom stereocenters. The molecule has 0 spiro atoms. The predicted molar refractivity (Wildman–Crippen MR) is 95.7 cm³/mol. The van der Waals surface area contributed by atoms with Crippen molar-refractivity contribution in [2.75, 3.05) is 76.7 Å². The van der Waals surface area contributed by atoms with Gasteiger partial charge in [0.25, 0.3) is 6.48 Å². The van der Waals surface area contributed by atoms with Crippen LogP contribution >= 0.6 is 37.9 Å². The minimum absolute atomic E-state index is 0.382. The highest BCUT2D eigenvalue weighted by atomic mass is 32.1. The molecule has 0 N–H and O–H groups in total. The van der Waals surface area contributed by atoms with E-state index in [9.17, 15) is 0 Å². The minimum atomic E-state index is -0.751. The molecule has 0 radical (unpaired) electrons. The largest absolute Gasteiger partial charge is 0.378 e. The van der Waals surface area contributed by atoms with Gasteiger partial charge in [-0.2, -0.15) is 37.9 Å². The Kier molecular flexibility index (Phi) is 20.6. The topological polar surface area (TPSA) is 55.4 Å². The molecule has 0 amide bonds. The van der Waals surface area contributed by atoms with Gasteiger partial charge in [0, 0.05) is 17.3 Å². The zero-order chi connectivity index (χ0) is 16.3. The molecule has 0 fully saturated rings. The summed E-state index contributed by atoms with van der Waals surface area (Å²) in [6.45, 7) is 3.57. The third-order valence-electron chi connectivity index (χ3n) is 2.15. The first kappa shape index (κ1) is 22.8. The number of hydrogen-bond donors (Lipinski definition) is 3. The lowest BCUT2D eigenvalue weighted by Gasteiger charge is -2.19. The number of rotatable bonds is 18. The third kappa shape index (κ3) is 17.2. The van der Waals surface area contributed by atoms with Gasteiger partial charge in [-0.05, 0) is 0 Å². The molecule has 0 saturated heterocycles. The van der Waals surface area contributed by atoms with Crippen LogP contribution in [0.3, 0.4) is 0 Å². The molecule has 0 aliphatic carbocycles. The van der Waals surface area contributed by atoms with Crippen molar-refractivity contribution in [3.8, 4) is 0 Å². The summed E-state index contributed by atoms with van der Waals surface area (Å²) in [7, 11) is 0. The van der Waals surface area contributed by atoms with Gasteiger partial charge < -0.3 is 28.4 Å². The van der Waals surface area contributed by atoms with Crippen LogP contribution in [-0.2, 0) is 28.4 Å². The Labute approximate surface area is 149 Å². The first-order chi connectivity index (χ1) is 10.8. The lowest BCUT2D eigenvalue weighted by Crippen LogP contribution is -2.26. The number of hydrogen-bond acceptors (Lipinski definition) is 9. The fourth-order valence-corrected chi connectivity index (χ4v) is 1.64. The van der Waals surface area contributed by atoms with Crippen molar-refractivity contribution in [1.29, 1.82) is 0 Å². The summed E-state index contributed by atoms with van der Waals surface area (Å²) in [5.41, 5.74) is 0. The molecule has 0 aliphatic rings. The van der Waals surface area contributed by atoms with Crippen molar-refractivity contribution in [1.82, 2.24) is 0 Å². The summed E-state index contributed by atoms with van der Waals surface area (Å²) in [6, 6.07) is 0. The van der Waals surface area contributed by atoms with E-state index in [1.54, 1.807) is 0 Å². The van der Waals surface area contributed by atoms with Crippen LogP contribution < -0.4 is 0 Å². The van der Waals surface area contributed by atoms with Gasteiger partial charge in [0.1, 0.15) is 0 Å². The van der Waals surface area contributed by atoms with Crippen LogP contribution in [-0.4, -0.2) is 83.2 Å². The summed E-state index contributed by atoms with van der Waals surface area (Å²) in [6.07, 6.45) is 0. The fraction of sp³-hybridized carbons (Fsp3) is 1.00. The zero-order valence-corrected chi connectivity index (χ0v) is 15.5. The summed E-state index contributed by atoms with van der Waals surface area (Å²) in [5.74, 6) is 2.05. The molecule has 0 bridgehead atoms. The van der Waals surface area contributed by atoms with Crippen molar-refractivity contribution >= 4 is 37.9 Å². The Bertz CT molecular complexity index is 181. The normalized spacial score (nSPS) is 11.5. The second-order valence-electron chi connectivity index (χ2n) is 3.91. The fourth-order valence-electron chi connectivity index (χ4n) is 1.25. The number of thiol groups is 3. The van der Waals surface area contributed by atoms with Crippen LogP contribution in [0, 0.1) is 0 Å². The molecule has 6 nitrogen and oxygen atoms in total. The molecule has 0 saturated carbocycles. The molecule has 134 valence electrons. The standard InChI is InChI=1S/C13H28O6S3/c20-10-7-14-1-4-17-13(18-5-2-15-8-11-21)19-6-3-16-9-12-22/h13,20-22H,1-12H2. The van der Waals surface area contributed by atoms with E-state index in [-0.39, 0.29) is 0 Å². The highest BCUT2D eigenvalue weighted by molar-refractivity contribution is 7.80. The van der Waals surface area contributed by atoms with Crippen LogP contribution in [0.15, 0.2) is 0 Å². The van der Waals surface area contributed by atoms with E-state index in [4.69, 9.17) is 28.4 Å². The Hall–Kier alpha value is 0.810.